The van der Waals surface area contributed by atoms with E-state index in [0.717, 1.165) is 13.0 Å². The molecule has 134 valence electrons. The molecule has 0 radical (unpaired) electrons. The lowest BCUT2D eigenvalue weighted by Crippen LogP contribution is -2.64. The predicted octanol–water partition coefficient (Wildman–Crippen LogP) is 3.23. The molecule has 2 N–H and O–H groups in total. The lowest BCUT2D eigenvalue weighted by Gasteiger charge is -2.55. The molecule has 0 aliphatic heterocycles. The quantitative estimate of drug-likeness (QED) is 0.787. The third kappa shape index (κ3) is 4.60. The van der Waals surface area contributed by atoms with E-state index in [-0.39, 0.29) is 12.1 Å². The van der Waals surface area contributed by atoms with E-state index in [1.54, 1.807) is 0 Å². The fourth-order valence-electron chi connectivity index (χ4n) is 4.07. The van der Waals surface area contributed by atoms with Gasteiger partial charge in [-0.2, -0.15) is 0 Å². The summed E-state index contributed by atoms with van der Waals surface area (Å²) < 4.78 is 11.2. The Bertz CT molecular complexity index is 400. The van der Waals surface area contributed by atoms with Gasteiger partial charge < -0.3 is 20.1 Å². The number of hydrogen-bond acceptors (Lipinski definition) is 4. The minimum atomic E-state index is -0.451. The summed E-state index contributed by atoms with van der Waals surface area (Å²) in [7, 11) is 0. The van der Waals surface area contributed by atoms with Gasteiger partial charge in [0, 0.05) is 30.7 Å². The minimum Gasteiger partial charge on any atom is -0.444 e. The molecule has 0 aromatic rings. The van der Waals surface area contributed by atoms with Gasteiger partial charge in [0.2, 0.25) is 0 Å². The van der Waals surface area contributed by atoms with Crippen LogP contribution < -0.4 is 10.6 Å². The van der Waals surface area contributed by atoms with Gasteiger partial charge in [0.05, 0.1) is 6.10 Å². The first-order chi connectivity index (χ1) is 10.8. The molecule has 2 saturated carbocycles. The van der Waals surface area contributed by atoms with Crippen molar-refractivity contribution in [1.29, 1.82) is 0 Å². The highest BCUT2D eigenvalue weighted by atomic mass is 16.6. The lowest BCUT2D eigenvalue weighted by atomic mass is 9.60. The molecule has 2 aliphatic rings. The van der Waals surface area contributed by atoms with E-state index in [4.69, 9.17) is 9.47 Å². The highest BCUT2D eigenvalue weighted by molar-refractivity contribution is 5.67. The molecular weight excluding hydrogens is 292 g/mol. The number of ether oxygens (including phenoxy) is 2. The molecule has 3 unspecified atom stereocenters. The van der Waals surface area contributed by atoms with E-state index in [2.05, 4.69) is 24.5 Å². The first-order valence-electron chi connectivity index (χ1n) is 9.11. The average Bonchev–Trinajstić information content (AvgIpc) is 2.95. The van der Waals surface area contributed by atoms with Gasteiger partial charge in [-0.1, -0.05) is 12.8 Å². The molecule has 2 aliphatic carbocycles. The summed E-state index contributed by atoms with van der Waals surface area (Å²) in [6, 6.07) is 0.740. The molecule has 23 heavy (non-hydrogen) atoms. The molecule has 5 nitrogen and oxygen atoms in total. The molecule has 0 heterocycles. The number of nitrogens with one attached hydrogen (secondary N) is 2. The largest absolute Gasteiger partial charge is 0.444 e. The Morgan fingerprint density at radius 1 is 1.30 bits per heavy atom. The summed E-state index contributed by atoms with van der Waals surface area (Å²) in [6.07, 6.45) is 6.31. The highest BCUT2D eigenvalue weighted by Crippen LogP contribution is 2.54. The second-order valence-electron chi connectivity index (χ2n) is 8.12. The van der Waals surface area contributed by atoms with Crippen LogP contribution in [0.15, 0.2) is 0 Å². The first-order valence-corrected chi connectivity index (χ1v) is 9.11. The molecule has 0 bridgehead atoms. The Labute approximate surface area is 140 Å². The van der Waals surface area contributed by atoms with Crippen LogP contribution in [0.1, 0.15) is 66.7 Å². The lowest BCUT2D eigenvalue weighted by molar-refractivity contribution is -0.132. The van der Waals surface area contributed by atoms with Crippen molar-refractivity contribution in [2.24, 2.45) is 5.41 Å². The van der Waals surface area contributed by atoms with Crippen molar-refractivity contribution >= 4 is 6.09 Å². The Morgan fingerprint density at radius 2 is 1.96 bits per heavy atom. The zero-order valence-electron chi connectivity index (χ0n) is 15.4. The average molecular weight is 326 g/mol. The van der Waals surface area contributed by atoms with Crippen molar-refractivity contribution in [2.45, 2.75) is 90.5 Å². The maximum atomic E-state index is 11.7. The summed E-state index contributed by atoms with van der Waals surface area (Å²) >= 11 is 0. The molecule has 1 amide bonds. The van der Waals surface area contributed by atoms with Gasteiger partial charge in [0.15, 0.2) is 0 Å². The summed E-state index contributed by atoms with van der Waals surface area (Å²) in [4.78, 5) is 11.7. The van der Waals surface area contributed by atoms with Crippen LogP contribution in [0.4, 0.5) is 4.79 Å². The summed E-state index contributed by atoms with van der Waals surface area (Å²) in [6.45, 7) is 11.2. The number of hydrogen-bond donors (Lipinski definition) is 2. The van der Waals surface area contributed by atoms with Crippen molar-refractivity contribution in [3.8, 4) is 0 Å². The maximum absolute atomic E-state index is 11.7. The second kappa shape index (κ2) is 7.39. The van der Waals surface area contributed by atoms with E-state index in [1.165, 1.54) is 25.7 Å². The molecule has 1 spiro atoms. The van der Waals surface area contributed by atoms with Crippen LogP contribution >= 0.6 is 0 Å². The first kappa shape index (κ1) is 18.5. The van der Waals surface area contributed by atoms with Crippen LogP contribution in [0, 0.1) is 5.41 Å². The van der Waals surface area contributed by atoms with Crippen molar-refractivity contribution in [2.75, 3.05) is 13.2 Å². The zero-order chi connectivity index (χ0) is 17.1. The fraction of sp³-hybridized carbons (Fsp3) is 0.944. The Balaban J connectivity index is 1.77. The third-order valence-corrected chi connectivity index (χ3v) is 5.12. The van der Waals surface area contributed by atoms with Gasteiger partial charge in [0.1, 0.15) is 5.60 Å². The van der Waals surface area contributed by atoms with Gasteiger partial charge in [-0.3, -0.25) is 0 Å². The van der Waals surface area contributed by atoms with Crippen LogP contribution in [-0.4, -0.2) is 43.0 Å². The highest BCUT2D eigenvalue weighted by Gasteiger charge is 2.56. The smallest absolute Gasteiger partial charge is 0.407 e. The normalized spacial score (nSPS) is 27.5. The number of carbonyl (C=O) groups excluding carboxylic acids is 1. The second-order valence-corrected chi connectivity index (χ2v) is 8.12. The molecular formula is C18H34N2O3. The van der Waals surface area contributed by atoms with Crippen molar-refractivity contribution in [3.05, 3.63) is 0 Å². The molecule has 0 saturated heterocycles. The Hall–Kier alpha value is -0.810. The predicted molar refractivity (Wildman–Crippen MR) is 91.6 cm³/mol. The Morgan fingerprint density at radius 3 is 2.52 bits per heavy atom. The molecule has 2 fully saturated rings. The molecule has 5 heteroatoms. The number of amides is 1. The molecule has 3 atom stereocenters. The molecule has 0 aromatic heterocycles. The van der Waals surface area contributed by atoms with E-state index >= 15 is 0 Å². The fourth-order valence-corrected chi connectivity index (χ4v) is 4.07. The Kier molecular flexibility index (Phi) is 5.95. The molecule has 0 aromatic carbocycles. The zero-order valence-corrected chi connectivity index (χ0v) is 15.4. The standard InChI is InChI=1S/C18H34N2O3/c1-6-22-15-11-14(18(15)9-7-8-10-18)20-13(2)12-19-16(21)23-17(3,4)5/h13-15,20H,6-12H2,1-5H3,(H,19,21). The minimum absolute atomic E-state index is 0.229. The third-order valence-electron chi connectivity index (χ3n) is 5.12. The topological polar surface area (TPSA) is 59.6 Å². The van der Waals surface area contributed by atoms with Gasteiger partial charge in [-0.25, -0.2) is 4.79 Å². The summed E-state index contributed by atoms with van der Waals surface area (Å²) in [5.74, 6) is 0. The van der Waals surface area contributed by atoms with Crippen molar-refractivity contribution < 1.29 is 14.3 Å². The van der Waals surface area contributed by atoms with Gasteiger partial charge in [0.25, 0.3) is 0 Å². The van der Waals surface area contributed by atoms with Crippen LogP contribution in [0.5, 0.6) is 0 Å². The van der Waals surface area contributed by atoms with Crippen LogP contribution in [0.25, 0.3) is 0 Å². The van der Waals surface area contributed by atoms with Crippen LogP contribution in [-0.2, 0) is 9.47 Å². The SMILES string of the molecule is CCOC1CC(NC(C)CNC(=O)OC(C)(C)C)C12CCCC2. The number of rotatable bonds is 6. The van der Waals surface area contributed by atoms with Crippen molar-refractivity contribution in [1.82, 2.24) is 10.6 Å². The van der Waals surface area contributed by atoms with Crippen LogP contribution in [0.2, 0.25) is 0 Å². The van der Waals surface area contributed by atoms with E-state index in [0.29, 0.717) is 24.1 Å². The summed E-state index contributed by atoms with van der Waals surface area (Å²) in [5, 5.41) is 6.56. The van der Waals surface area contributed by atoms with Crippen molar-refractivity contribution in [3.63, 3.8) is 0 Å². The summed E-state index contributed by atoms with van der Waals surface area (Å²) in [5.41, 5.74) is -0.121. The monoisotopic (exact) mass is 326 g/mol. The van der Waals surface area contributed by atoms with E-state index in [9.17, 15) is 4.79 Å². The number of carbonyl (C=O) groups is 1. The van der Waals surface area contributed by atoms with Gasteiger partial charge in [-0.15, -0.1) is 0 Å². The van der Waals surface area contributed by atoms with E-state index < -0.39 is 5.60 Å². The maximum Gasteiger partial charge on any atom is 0.407 e. The van der Waals surface area contributed by atoms with Gasteiger partial charge >= 0.3 is 6.09 Å². The van der Waals surface area contributed by atoms with Crippen LogP contribution in [0.3, 0.4) is 0 Å². The molecule has 2 rings (SSSR count). The number of alkyl carbamates (subject to hydrolysis) is 1. The van der Waals surface area contributed by atoms with Gasteiger partial charge in [-0.05, 0) is 53.9 Å². The van der Waals surface area contributed by atoms with E-state index in [1.807, 2.05) is 20.8 Å².